The number of anilines is 2. The van der Waals surface area contributed by atoms with Gasteiger partial charge in [-0.15, -0.1) is 0 Å². The van der Waals surface area contributed by atoms with Gasteiger partial charge in [0.2, 0.25) is 0 Å². The highest BCUT2D eigenvalue weighted by Crippen LogP contribution is 2.36. The van der Waals surface area contributed by atoms with Gasteiger partial charge in [-0.05, 0) is 50.1 Å². The molecule has 2 heterocycles. The van der Waals surface area contributed by atoms with Crippen molar-refractivity contribution in [2.45, 2.75) is 32.6 Å². The standard InChI is InChI=1S/C29H31N3O4/c1-20-9-11-21(12-10-20)30-16-18-31(19-17-30)25-14-13-24-27-22(25)6-5-7-23(27)28(35)32(29(24)36)15-4-2-3-8-26(33)34/h5-7,9-14H,2-4,8,15-19H2,1H3,(H,33,34). The number of hydrogen-bond donors (Lipinski definition) is 1. The highest BCUT2D eigenvalue weighted by atomic mass is 16.4. The quantitative estimate of drug-likeness (QED) is 0.367. The first-order chi connectivity index (χ1) is 17.4. The minimum absolute atomic E-state index is 0.103. The fourth-order valence-corrected chi connectivity index (χ4v) is 5.29. The minimum Gasteiger partial charge on any atom is -0.481 e. The fraction of sp³-hybridized carbons (Fsp3) is 0.345. The SMILES string of the molecule is Cc1ccc(N2CCN(c3ccc4c5c(cccc35)C(=O)N(CCCCCC(=O)O)C4=O)CC2)cc1. The van der Waals surface area contributed by atoms with E-state index in [2.05, 4.69) is 41.0 Å². The number of aliphatic carboxylic acids is 1. The Morgan fingerprint density at radius 2 is 1.47 bits per heavy atom. The van der Waals surface area contributed by atoms with Crippen LogP contribution in [0.5, 0.6) is 0 Å². The van der Waals surface area contributed by atoms with Crippen molar-refractivity contribution in [3.8, 4) is 0 Å². The van der Waals surface area contributed by atoms with Crippen molar-refractivity contribution in [3.05, 3.63) is 71.3 Å². The number of carboxylic acids is 1. The Morgan fingerprint density at radius 3 is 2.17 bits per heavy atom. The van der Waals surface area contributed by atoms with Crippen molar-refractivity contribution in [2.24, 2.45) is 0 Å². The van der Waals surface area contributed by atoms with E-state index < -0.39 is 5.97 Å². The molecule has 2 aliphatic heterocycles. The Bertz CT molecular complexity index is 1290. The number of piperazine rings is 1. The minimum atomic E-state index is -0.826. The van der Waals surface area contributed by atoms with Crippen LogP contribution in [0.15, 0.2) is 54.6 Å². The molecule has 0 saturated carbocycles. The van der Waals surface area contributed by atoms with Gasteiger partial charge in [0, 0.05) is 72.4 Å². The molecule has 2 aliphatic rings. The van der Waals surface area contributed by atoms with Crippen LogP contribution in [0.25, 0.3) is 10.8 Å². The number of imide groups is 1. The highest BCUT2D eigenvalue weighted by molar-refractivity contribution is 6.26. The summed E-state index contributed by atoms with van der Waals surface area (Å²) in [6, 6.07) is 18.2. The third-order valence-electron chi connectivity index (χ3n) is 7.26. The van der Waals surface area contributed by atoms with E-state index in [1.807, 2.05) is 24.3 Å². The highest BCUT2D eigenvalue weighted by Gasteiger charge is 2.33. The van der Waals surface area contributed by atoms with Gasteiger partial charge in [0.25, 0.3) is 11.8 Å². The molecule has 7 nitrogen and oxygen atoms in total. The number of aryl methyl sites for hydroxylation is 1. The Hall–Kier alpha value is -3.87. The van der Waals surface area contributed by atoms with Gasteiger partial charge in [0.15, 0.2) is 0 Å². The lowest BCUT2D eigenvalue weighted by Crippen LogP contribution is -2.46. The van der Waals surface area contributed by atoms with Crippen LogP contribution in [-0.2, 0) is 4.79 Å². The zero-order chi connectivity index (χ0) is 25.2. The van der Waals surface area contributed by atoms with Gasteiger partial charge in [-0.2, -0.15) is 0 Å². The Kier molecular flexibility index (Phi) is 6.63. The number of unbranched alkanes of at least 4 members (excludes halogenated alkanes) is 2. The van der Waals surface area contributed by atoms with Crippen LogP contribution in [0.1, 0.15) is 52.0 Å². The van der Waals surface area contributed by atoms with Gasteiger partial charge in [-0.25, -0.2) is 0 Å². The van der Waals surface area contributed by atoms with E-state index in [9.17, 15) is 14.4 Å². The summed E-state index contributed by atoms with van der Waals surface area (Å²) in [6.45, 7) is 5.92. The third-order valence-corrected chi connectivity index (χ3v) is 7.26. The molecule has 0 unspecified atom stereocenters. The van der Waals surface area contributed by atoms with Gasteiger partial charge in [0.05, 0.1) is 0 Å². The van der Waals surface area contributed by atoms with E-state index in [0.29, 0.717) is 36.9 Å². The number of carbonyl (C=O) groups excluding carboxylic acids is 2. The van der Waals surface area contributed by atoms with Crippen LogP contribution in [0, 0.1) is 6.92 Å². The smallest absolute Gasteiger partial charge is 0.303 e. The molecule has 0 radical (unpaired) electrons. The zero-order valence-electron chi connectivity index (χ0n) is 20.6. The summed E-state index contributed by atoms with van der Waals surface area (Å²) < 4.78 is 0. The molecule has 1 saturated heterocycles. The molecule has 1 fully saturated rings. The molecule has 1 N–H and O–H groups in total. The lowest BCUT2D eigenvalue weighted by molar-refractivity contribution is -0.137. The molecule has 2 amide bonds. The maximum atomic E-state index is 13.3. The fourth-order valence-electron chi connectivity index (χ4n) is 5.29. The molecule has 0 aliphatic carbocycles. The first kappa shape index (κ1) is 23.9. The maximum Gasteiger partial charge on any atom is 0.303 e. The molecular formula is C29H31N3O4. The van der Waals surface area contributed by atoms with Gasteiger partial charge in [-0.1, -0.05) is 36.2 Å². The molecule has 0 atom stereocenters. The Labute approximate surface area is 210 Å². The van der Waals surface area contributed by atoms with Crippen LogP contribution in [-0.4, -0.2) is 60.5 Å². The average molecular weight is 486 g/mol. The summed E-state index contributed by atoms with van der Waals surface area (Å²) >= 11 is 0. The predicted octanol–water partition coefficient (Wildman–Crippen LogP) is 4.72. The zero-order valence-corrected chi connectivity index (χ0v) is 20.6. The Balaban J connectivity index is 1.34. The molecule has 36 heavy (non-hydrogen) atoms. The van der Waals surface area contributed by atoms with E-state index in [0.717, 1.165) is 42.6 Å². The first-order valence-electron chi connectivity index (χ1n) is 12.6. The first-order valence-corrected chi connectivity index (χ1v) is 12.6. The number of benzene rings is 3. The van der Waals surface area contributed by atoms with Crippen molar-refractivity contribution in [3.63, 3.8) is 0 Å². The van der Waals surface area contributed by atoms with Crippen LogP contribution < -0.4 is 9.80 Å². The van der Waals surface area contributed by atoms with Crippen molar-refractivity contribution in [2.75, 3.05) is 42.5 Å². The number of nitrogens with zero attached hydrogens (tertiary/aromatic N) is 3. The van der Waals surface area contributed by atoms with Gasteiger partial charge in [-0.3, -0.25) is 19.3 Å². The van der Waals surface area contributed by atoms with E-state index >= 15 is 0 Å². The van der Waals surface area contributed by atoms with Crippen LogP contribution in [0.2, 0.25) is 0 Å². The third kappa shape index (κ3) is 4.53. The Morgan fingerprint density at radius 1 is 0.806 bits per heavy atom. The number of carbonyl (C=O) groups is 3. The van der Waals surface area contributed by atoms with E-state index in [-0.39, 0.29) is 18.2 Å². The lowest BCUT2D eigenvalue weighted by Gasteiger charge is -2.38. The molecule has 0 bridgehead atoms. The monoisotopic (exact) mass is 485 g/mol. The summed E-state index contributed by atoms with van der Waals surface area (Å²) in [5.41, 5.74) is 4.67. The predicted molar refractivity (Wildman–Crippen MR) is 141 cm³/mol. The number of hydrogen-bond acceptors (Lipinski definition) is 5. The van der Waals surface area contributed by atoms with Gasteiger partial charge >= 0.3 is 5.97 Å². The van der Waals surface area contributed by atoms with Crippen molar-refractivity contribution < 1.29 is 19.5 Å². The summed E-state index contributed by atoms with van der Waals surface area (Å²) in [5, 5.41) is 10.5. The molecular weight excluding hydrogens is 454 g/mol. The molecule has 7 heteroatoms. The summed E-state index contributed by atoms with van der Waals surface area (Å²) in [5.74, 6) is -1.36. The van der Waals surface area contributed by atoms with Crippen LogP contribution in [0.4, 0.5) is 11.4 Å². The van der Waals surface area contributed by atoms with Gasteiger partial charge < -0.3 is 14.9 Å². The number of amides is 2. The summed E-state index contributed by atoms with van der Waals surface area (Å²) in [6.07, 6.45) is 1.90. The topological polar surface area (TPSA) is 81.2 Å². The molecule has 3 aromatic rings. The van der Waals surface area contributed by atoms with E-state index in [1.165, 1.54) is 16.2 Å². The maximum absolute atomic E-state index is 13.3. The van der Waals surface area contributed by atoms with Crippen molar-refractivity contribution in [1.29, 1.82) is 0 Å². The summed E-state index contributed by atoms with van der Waals surface area (Å²) in [7, 11) is 0. The second-order valence-electron chi connectivity index (χ2n) is 9.64. The molecule has 0 spiro atoms. The second-order valence-corrected chi connectivity index (χ2v) is 9.64. The van der Waals surface area contributed by atoms with Crippen LogP contribution >= 0.6 is 0 Å². The molecule has 3 aromatic carbocycles. The van der Waals surface area contributed by atoms with Gasteiger partial charge in [0.1, 0.15) is 0 Å². The second kappa shape index (κ2) is 10.0. The van der Waals surface area contributed by atoms with Crippen molar-refractivity contribution >= 4 is 39.9 Å². The largest absolute Gasteiger partial charge is 0.481 e. The van der Waals surface area contributed by atoms with E-state index in [4.69, 9.17) is 5.11 Å². The van der Waals surface area contributed by atoms with Crippen LogP contribution in [0.3, 0.4) is 0 Å². The lowest BCUT2D eigenvalue weighted by atomic mass is 9.92. The number of carboxylic acid groups (broad SMARTS) is 1. The number of rotatable bonds is 8. The summed E-state index contributed by atoms with van der Waals surface area (Å²) in [4.78, 5) is 43.4. The average Bonchev–Trinajstić information content (AvgIpc) is 2.89. The molecule has 186 valence electrons. The normalized spacial score (nSPS) is 15.6. The molecule has 0 aromatic heterocycles. The molecule has 5 rings (SSSR count). The van der Waals surface area contributed by atoms with Crippen molar-refractivity contribution in [1.82, 2.24) is 4.90 Å². The van der Waals surface area contributed by atoms with E-state index in [1.54, 1.807) is 6.07 Å².